The molecule has 0 amide bonds. The molecule has 1 unspecified atom stereocenters. The molecule has 2 nitrogen and oxygen atoms in total. The average molecular weight is 258 g/mol. The molecular weight excluding hydrogens is 234 g/mol. The van der Waals surface area contributed by atoms with Crippen molar-refractivity contribution in [3.05, 3.63) is 34.9 Å². The van der Waals surface area contributed by atoms with Crippen molar-refractivity contribution < 1.29 is 5.11 Å². The third-order valence-electron chi connectivity index (χ3n) is 3.51. The lowest BCUT2D eigenvalue weighted by molar-refractivity contribution is 0.0880. The third-order valence-corrected chi connectivity index (χ3v) is 3.51. The van der Waals surface area contributed by atoms with Gasteiger partial charge in [-0.1, -0.05) is 38.5 Å². The van der Waals surface area contributed by atoms with Gasteiger partial charge in [-0.2, -0.15) is 0 Å². The van der Waals surface area contributed by atoms with Crippen molar-refractivity contribution in [2.75, 3.05) is 0 Å². The lowest BCUT2D eigenvalue weighted by Gasteiger charge is -2.24. The van der Waals surface area contributed by atoms with E-state index in [1.54, 1.807) is 0 Å². The van der Waals surface area contributed by atoms with Gasteiger partial charge in [0.15, 0.2) is 0 Å². The maximum atomic E-state index is 10.1. The largest absolute Gasteiger partial charge is 0.391 e. The number of aliphatic hydroxyl groups is 1. The maximum Gasteiger partial charge on any atom is 0.0758 e. The molecule has 0 aromatic heterocycles. The Bertz CT molecular complexity index is 354. The van der Waals surface area contributed by atoms with Crippen molar-refractivity contribution >= 4 is 12.4 Å². The second-order valence-corrected chi connectivity index (χ2v) is 4.75. The van der Waals surface area contributed by atoms with Crippen LogP contribution in [0.2, 0.25) is 0 Å². The van der Waals surface area contributed by atoms with Gasteiger partial charge < -0.3 is 10.8 Å². The number of rotatable bonds is 4. The van der Waals surface area contributed by atoms with Gasteiger partial charge in [-0.3, -0.25) is 0 Å². The molecule has 0 bridgehead atoms. The normalized spacial score (nSPS) is 15.9. The molecule has 0 spiro atoms. The molecule has 1 aromatic rings. The van der Waals surface area contributed by atoms with Crippen LogP contribution in [-0.4, -0.2) is 11.2 Å². The summed E-state index contributed by atoms with van der Waals surface area (Å²) in [5.74, 6) is 0.233. The number of nitrogens with two attached hydrogens (primary N) is 1. The Balaban J connectivity index is 0.00000256. The SMILES string of the molecule is CCC(C)[C@@H](O)[C@@H](N)c1ccc(C)c(C)c1.Cl. The minimum absolute atomic E-state index is 0. The van der Waals surface area contributed by atoms with E-state index < -0.39 is 6.10 Å². The van der Waals surface area contributed by atoms with Gasteiger partial charge in [0.1, 0.15) is 0 Å². The van der Waals surface area contributed by atoms with Gasteiger partial charge in [0.05, 0.1) is 12.1 Å². The predicted molar refractivity (Wildman–Crippen MR) is 75.6 cm³/mol. The van der Waals surface area contributed by atoms with Crippen LogP contribution in [0, 0.1) is 19.8 Å². The first-order valence-electron chi connectivity index (χ1n) is 5.98. The minimum atomic E-state index is -0.466. The van der Waals surface area contributed by atoms with Gasteiger partial charge in [0, 0.05) is 0 Å². The fourth-order valence-corrected chi connectivity index (χ4v) is 1.76. The molecular formula is C14H24ClNO. The molecule has 1 rings (SSSR count). The Kier molecular flexibility index (Phi) is 6.76. The molecule has 0 saturated heterocycles. The Hall–Kier alpha value is -0.570. The van der Waals surface area contributed by atoms with E-state index >= 15 is 0 Å². The van der Waals surface area contributed by atoms with E-state index in [0.29, 0.717) is 0 Å². The van der Waals surface area contributed by atoms with E-state index in [4.69, 9.17) is 5.73 Å². The number of halogens is 1. The van der Waals surface area contributed by atoms with Crippen LogP contribution in [0.25, 0.3) is 0 Å². The number of hydrogen-bond acceptors (Lipinski definition) is 2. The zero-order valence-corrected chi connectivity index (χ0v) is 11.9. The standard InChI is InChI=1S/C14H23NO.ClH/c1-5-9(2)14(16)13(15)12-7-6-10(3)11(4)8-12;/h6-9,13-14,16H,5,15H2,1-4H3;1H/t9?,13-,14+;/m0./s1. The molecule has 3 heteroatoms. The van der Waals surface area contributed by atoms with Crippen LogP contribution in [-0.2, 0) is 0 Å². The van der Waals surface area contributed by atoms with E-state index in [-0.39, 0.29) is 24.4 Å². The highest BCUT2D eigenvalue weighted by atomic mass is 35.5. The molecule has 0 radical (unpaired) electrons. The topological polar surface area (TPSA) is 46.2 Å². The van der Waals surface area contributed by atoms with Gasteiger partial charge in [-0.25, -0.2) is 0 Å². The van der Waals surface area contributed by atoms with E-state index in [1.807, 2.05) is 13.0 Å². The zero-order valence-electron chi connectivity index (χ0n) is 11.1. The van der Waals surface area contributed by atoms with Crippen LogP contribution in [0.1, 0.15) is 43.0 Å². The summed E-state index contributed by atoms with van der Waals surface area (Å²) in [4.78, 5) is 0. The summed E-state index contributed by atoms with van der Waals surface area (Å²) >= 11 is 0. The highest BCUT2D eigenvalue weighted by molar-refractivity contribution is 5.85. The summed E-state index contributed by atoms with van der Waals surface area (Å²) in [6, 6.07) is 5.87. The molecule has 0 aliphatic carbocycles. The van der Waals surface area contributed by atoms with Crippen LogP contribution in [0.15, 0.2) is 18.2 Å². The van der Waals surface area contributed by atoms with Gasteiger partial charge in [-0.05, 0) is 36.5 Å². The average Bonchev–Trinajstić information content (AvgIpc) is 2.29. The van der Waals surface area contributed by atoms with Crippen molar-refractivity contribution in [2.45, 2.75) is 46.3 Å². The molecule has 0 fully saturated rings. The molecule has 0 heterocycles. The highest BCUT2D eigenvalue weighted by Gasteiger charge is 2.21. The highest BCUT2D eigenvalue weighted by Crippen LogP contribution is 2.23. The van der Waals surface area contributed by atoms with Crippen LogP contribution in [0.5, 0.6) is 0 Å². The summed E-state index contributed by atoms with van der Waals surface area (Å²) in [7, 11) is 0. The van der Waals surface area contributed by atoms with Crippen LogP contribution >= 0.6 is 12.4 Å². The second-order valence-electron chi connectivity index (χ2n) is 4.75. The molecule has 0 saturated carbocycles. The zero-order chi connectivity index (χ0) is 12.3. The summed E-state index contributed by atoms with van der Waals surface area (Å²) in [6.45, 7) is 8.25. The fourth-order valence-electron chi connectivity index (χ4n) is 1.76. The lowest BCUT2D eigenvalue weighted by Crippen LogP contribution is -2.31. The van der Waals surface area contributed by atoms with Gasteiger partial charge in [-0.15, -0.1) is 12.4 Å². The number of hydrogen-bond donors (Lipinski definition) is 2. The molecule has 1 aromatic carbocycles. The first-order chi connectivity index (χ1) is 7.47. The fraction of sp³-hybridized carbons (Fsp3) is 0.571. The third kappa shape index (κ3) is 3.98. The Morgan fingerprint density at radius 1 is 1.24 bits per heavy atom. The predicted octanol–water partition coefficient (Wildman–Crippen LogP) is 3.13. The Morgan fingerprint density at radius 2 is 1.82 bits per heavy atom. The summed E-state index contributed by atoms with van der Waals surface area (Å²) < 4.78 is 0. The number of aryl methyl sites for hydroxylation is 2. The molecule has 0 aliphatic rings. The van der Waals surface area contributed by atoms with Crippen molar-refractivity contribution in [3.8, 4) is 0 Å². The van der Waals surface area contributed by atoms with Crippen LogP contribution in [0.4, 0.5) is 0 Å². The lowest BCUT2D eigenvalue weighted by atomic mass is 9.90. The molecule has 98 valence electrons. The maximum absolute atomic E-state index is 10.1. The van der Waals surface area contributed by atoms with Crippen LogP contribution in [0.3, 0.4) is 0 Å². The first kappa shape index (κ1) is 16.4. The van der Waals surface area contributed by atoms with E-state index in [1.165, 1.54) is 11.1 Å². The first-order valence-corrected chi connectivity index (χ1v) is 5.98. The van der Waals surface area contributed by atoms with Crippen LogP contribution < -0.4 is 5.73 Å². The summed E-state index contributed by atoms with van der Waals surface area (Å²) in [6.07, 6.45) is 0.479. The van der Waals surface area contributed by atoms with Crippen molar-refractivity contribution in [1.82, 2.24) is 0 Å². The van der Waals surface area contributed by atoms with E-state index in [2.05, 4.69) is 32.9 Å². The number of benzene rings is 1. The quantitative estimate of drug-likeness (QED) is 0.871. The van der Waals surface area contributed by atoms with Crippen molar-refractivity contribution in [3.63, 3.8) is 0 Å². The van der Waals surface area contributed by atoms with E-state index in [9.17, 15) is 5.11 Å². The molecule has 0 aliphatic heterocycles. The number of aliphatic hydroxyl groups excluding tert-OH is 1. The van der Waals surface area contributed by atoms with Crippen molar-refractivity contribution in [2.24, 2.45) is 11.7 Å². The smallest absolute Gasteiger partial charge is 0.0758 e. The van der Waals surface area contributed by atoms with Gasteiger partial charge >= 0.3 is 0 Å². The molecule has 3 N–H and O–H groups in total. The summed E-state index contributed by atoms with van der Waals surface area (Å²) in [5.41, 5.74) is 9.59. The molecule has 17 heavy (non-hydrogen) atoms. The monoisotopic (exact) mass is 257 g/mol. The second kappa shape index (κ2) is 7.00. The minimum Gasteiger partial charge on any atom is -0.391 e. The summed E-state index contributed by atoms with van der Waals surface area (Å²) in [5, 5.41) is 10.1. The van der Waals surface area contributed by atoms with Gasteiger partial charge in [0.25, 0.3) is 0 Å². The Labute approximate surface area is 111 Å². The Morgan fingerprint density at radius 3 is 2.29 bits per heavy atom. The van der Waals surface area contributed by atoms with Crippen molar-refractivity contribution in [1.29, 1.82) is 0 Å². The van der Waals surface area contributed by atoms with E-state index in [0.717, 1.165) is 12.0 Å². The van der Waals surface area contributed by atoms with Gasteiger partial charge in [0.2, 0.25) is 0 Å². The molecule has 3 atom stereocenters.